The number of aliphatic hydroxyl groups is 1. The Balaban J connectivity index is 1.78. The number of methoxy groups -OCH3 is 1. The van der Waals surface area contributed by atoms with Crippen molar-refractivity contribution in [2.45, 2.75) is 31.7 Å². The maximum atomic E-state index is 9.15. The monoisotopic (exact) mass is 286 g/mol. The number of benzene rings is 1. The molecule has 4 heteroatoms. The number of aromatic nitrogens is 1. The van der Waals surface area contributed by atoms with Gasteiger partial charge < -0.3 is 15.2 Å². The van der Waals surface area contributed by atoms with Crippen LogP contribution in [0.1, 0.15) is 25.7 Å². The second kappa shape index (κ2) is 6.31. The number of pyridine rings is 1. The number of hydrogen-bond acceptors (Lipinski definition) is 4. The second-order valence-corrected chi connectivity index (χ2v) is 5.71. The molecule has 1 aliphatic rings. The summed E-state index contributed by atoms with van der Waals surface area (Å²) in [5.41, 5.74) is 0.970. The molecule has 0 amide bonds. The lowest BCUT2D eigenvalue weighted by atomic mass is 10.00. The highest BCUT2D eigenvalue weighted by atomic mass is 16.5. The van der Waals surface area contributed by atoms with Gasteiger partial charge in [-0.3, -0.25) is 0 Å². The Kier molecular flexibility index (Phi) is 4.25. The fourth-order valence-electron chi connectivity index (χ4n) is 3.24. The molecule has 1 aliphatic carbocycles. The Morgan fingerprint density at radius 2 is 2.19 bits per heavy atom. The van der Waals surface area contributed by atoms with Gasteiger partial charge in [0.2, 0.25) is 0 Å². The molecule has 2 N–H and O–H groups in total. The first-order valence-corrected chi connectivity index (χ1v) is 7.62. The molecule has 1 saturated carbocycles. The Labute approximate surface area is 125 Å². The number of aliphatic hydroxyl groups excluding tert-OH is 1. The Bertz CT molecular complexity index is 615. The van der Waals surface area contributed by atoms with Crippen molar-refractivity contribution < 1.29 is 9.84 Å². The molecule has 21 heavy (non-hydrogen) atoms. The summed E-state index contributed by atoms with van der Waals surface area (Å²) in [5.74, 6) is 2.33. The molecule has 2 unspecified atom stereocenters. The SMILES string of the molecule is COc1ccc2nc(NC3CCCC3CCO)ccc2c1. The van der Waals surface area contributed by atoms with Crippen LogP contribution in [0.3, 0.4) is 0 Å². The van der Waals surface area contributed by atoms with Crippen LogP contribution in [-0.2, 0) is 0 Å². The van der Waals surface area contributed by atoms with Crippen LogP contribution in [0.25, 0.3) is 10.9 Å². The van der Waals surface area contributed by atoms with E-state index in [0.717, 1.165) is 35.3 Å². The minimum absolute atomic E-state index is 0.272. The van der Waals surface area contributed by atoms with Crippen molar-refractivity contribution in [2.24, 2.45) is 5.92 Å². The van der Waals surface area contributed by atoms with Gasteiger partial charge in [0.1, 0.15) is 11.6 Å². The topological polar surface area (TPSA) is 54.4 Å². The van der Waals surface area contributed by atoms with Gasteiger partial charge in [-0.1, -0.05) is 6.42 Å². The van der Waals surface area contributed by atoms with Crippen molar-refractivity contribution in [1.82, 2.24) is 4.98 Å². The first kappa shape index (κ1) is 14.1. The fourth-order valence-corrected chi connectivity index (χ4v) is 3.24. The zero-order chi connectivity index (χ0) is 14.7. The van der Waals surface area contributed by atoms with Crippen molar-refractivity contribution in [2.75, 3.05) is 19.0 Å². The van der Waals surface area contributed by atoms with E-state index < -0.39 is 0 Å². The van der Waals surface area contributed by atoms with Gasteiger partial charge in [0.15, 0.2) is 0 Å². The van der Waals surface area contributed by atoms with Crippen LogP contribution in [0.2, 0.25) is 0 Å². The number of ether oxygens (including phenoxy) is 1. The normalized spacial score (nSPS) is 21.6. The summed E-state index contributed by atoms with van der Waals surface area (Å²) < 4.78 is 5.23. The second-order valence-electron chi connectivity index (χ2n) is 5.71. The largest absolute Gasteiger partial charge is 0.497 e. The van der Waals surface area contributed by atoms with Gasteiger partial charge in [0.25, 0.3) is 0 Å². The summed E-state index contributed by atoms with van der Waals surface area (Å²) in [6, 6.07) is 10.4. The summed E-state index contributed by atoms with van der Waals surface area (Å²) >= 11 is 0. The van der Waals surface area contributed by atoms with Crippen LogP contribution in [0.15, 0.2) is 30.3 Å². The van der Waals surface area contributed by atoms with Crippen LogP contribution >= 0.6 is 0 Å². The molecule has 0 aliphatic heterocycles. The number of nitrogens with one attached hydrogen (secondary N) is 1. The van der Waals surface area contributed by atoms with E-state index in [2.05, 4.69) is 16.4 Å². The maximum absolute atomic E-state index is 9.15. The van der Waals surface area contributed by atoms with Crippen LogP contribution in [-0.4, -0.2) is 29.8 Å². The number of rotatable bonds is 5. The van der Waals surface area contributed by atoms with Crippen molar-refractivity contribution in [1.29, 1.82) is 0 Å². The molecular weight excluding hydrogens is 264 g/mol. The molecule has 2 atom stereocenters. The van der Waals surface area contributed by atoms with E-state index >= 15 is 0 Å². The lowest BCUT2D eigenvalue weighted by molar-refractivity contribution is 0.254. The summed E-state index contributed by atoms with van der Waals surface area (Å²) in [7, 11) is 1.67. The van der Waals surface area contributed by atoms with Gasteiger partial charge >= 0.3 is 0 Å². The fraction of sp³-hybridized carbons (Fsp3) is 0.471. The standard InChI is InChI=1S/C17H22N2O2/c1-21-14-6-7-16-13(11-14)5-8-17(19-16)18-15-4-2-3-12(15)9-10-20/h5-8,11-12,15,20H,2-4,9-10H2,1H3,(H,18,19). The highest BCUT2D eigenvalue weighted by molar-refractivity contribution is 5.81. The van der Waals surface area contributed by atoms with Gasteiger partial charge in [-0.25, -0.2) is 4.98 Å². The predicted molar refractivity (Wildman–Crippen MR) is 84.7 cm³/mol. The minimum atomic E-state index is 0.272. The maximum Gasteiger partial charge on any atom is 0.126 e. The molecular formula is C17H22N2O2. The van der Waals surface area contributed by atoms with Crippen molar-refractivity contribution >= 4 is 16.7 Å². The summed E-state index contributed by atoms with van der Waals surface area (Å²) in [6.07, 6.45) is 4.46. The minimum Gasteiger partial charge on any atom is -0.497 e. The number of nitrogens with zero attached hydrogens (tertiary/aromatic N) is 1. The van der Waals surface area contributed by atoms with E-state index in [-0.39, 0.29) is 6.61 Å². The number of anilines is 1. The Morgan fingerprint density at radius 1 is 1.29 bits per heavy atom. The van der Waals surface area contributed by atoms with Crippen LogP contribution in [0.5, 0.6) is 5.75 Å². The zero-order valence-corrected chi connectivity index (χ0v) is 12.4. The smallest absolute Gasteiger partial charge is 0.126 e. The number of fused-ring (bicyclic) bond motifs is 1. The molecule has 1 fully saturated rings. The van der Waals surface area contributed by atoms with Gasteiger partial charge in [0, 0.05) is 18.0 Å². The average molecular weight is 286 g/mol. The molecule has 0 spiro atoms. The molecule has 1 aromatic heterocycles. The average Bonchev–Trinajstić information content (AvgIpc) is 2.94. The molecule has 2 aromatic rings. The van der Waals surface area contributed by atoms with E-state index in [1.807, 2.05) is 24.3 Å². The van der Waals surface area contributed by atoms with E-state index in [1.165, 1.54) is 12.8 Å². The highest BCUT2D eigenvalue weighted by Crippen LogP contribution is 2.31. The third-order valence-corrected chi connectivity index (χ3v) is 4.39. The first-order valence-electron chi connectivity index (χ1n) is 7.62. The van der Waals surface area contributed by atoms with E-state index in [1.54, 1.807) is 7.11 Å². The molecule has 1 heterocycles. The first-order chi connectivity index (χ1) is 10.3. The van der Waals surface area contributed by atoms with E-state index in [0.29, 0.717) is 12.0 Å². The molecule has 0 saturated heterocycles. The Hall–Kier alpha value is -1.81. The van der Waals surface area contributed by atoms with Crippen molar-refractivity contribution in [3.05, 3.63) is 30.3 Å². The molecule has 1 aromatic carbocycles. The van der Waals surface area contributed by atoms with E-state index in [4.69, 9.17) is 9.84 Å². The quantitative estimate of drug-likeness (QED) is 0.886. The molecule has 3 rings (SSSR count). The van der Waals surface area contributed by atoms with Gasteiger partial charge in [-0.2, -0.15) is 0 Å². The van der Waals surface area contributed by atoms with E-state index in [9.17, 15) is 0 Å². The lowest BCUT2D eigenvalue weighted by Gasteiger charge is -2.21. The molecule has 112 valence electrons. The molecule has 0 bridgehead atoms. The van der Waals surface area contributed by atoms with Crippen molar-refractivity contribution in [3.63, 3.8) is 0 Å². The predicted octanol–water partition coefficient (Wildman–Crippen LogP) is 3.21. The van der Waals surface area contributed by atoms with Gasteiger partial charge in [-0.15, -0.1) is 0 Å². The summed E-state index contributed by atoms with van der Waals surface area (Å²) in [4.78, 5) is 4.68. The lowest BCUT2D eigenvalue weighted by Crippen LogP contribution is -2.25. The van der Waals surface area contributed by atoms with Crippen LogP contribution < -0.4 is 10.1 Å². The van der Waals surface area contributed by atoms with Gasteiger partial charge in [0.05, 0.1) is 12.6 Å². The highest BCUT2D eigenvalue weighted by Gasteiger charge is 2.26. The van der Waals surface area contributed by atoms with Crippen LogP contribution in [0.4, 0.5) is 5.82 Å². The summed E-state index contributed by atoms with van der Waals surface area (Å²) in [6.45, 7) is 0.272. The third-order valence-electron chi connectivity index (χ3n) is 4.39. The molecule has 0 radical (unpaired) electrons. The molecule has 4 nitrogen and oxygen atoms in total. The zero-order valence-electron chi connectivity index (χ0n) is 12.4. The Morgan fingerprint density at radius 3 is 3.00 bits per heavy atom. The summed E-state index contributed by atoms with van der Waals surface area (Å²) in [5, 5.41) is 13.8. The van der Waals surface area contributed by atoms with Crippen LogP contribution in [0, 0.1) is 5.92 Å². The van der Waals surface area contributed by atoms with Crippen molar-refractivity contribution in [3.8, 4) is 5.75 Å². The number of hydrogen-bond donors (Lipinski definition) is 2. The third kappa shape index (κ3) is 3.10. The van der Waals surface area contributed by atoms with Gasteiger partial charge in [-0.05, 0) is 55.5 Å².